The average molecular weight is 1070 g/mol. The van der Waals surface area contributed by atoms with E-state index in [9.17, 15) is 14.0 Å². The van der Waals surface area contributed by atoms with E-state index in [1.54, 1.807) is 6.07 Å². The zero-order valence-corrected chi connectivity index (χ0v) is 44.8. The number of benzene rings is 2. The number of anilines is 5. The first-order chi connectivity index (χ1) is 36.8. The number of rotatable bonds is 10. The van der Waals surface area contributed by atoms with Crippen molar-refractivity contribution in [3.8, 4) is 11.4 Å². The Morgan fingerprint density at radius 2 is 1.16 bits per heavy atom. The molecular weight excluding hydrogens is 1010 g/mol. The van der Waals surface area contributed by atoms with Crippen LogP contribution >= 0.6 is 11.6 Å². The molecule has 4 atom stereocenters. The average Bonchev–Trinajstić information content (AvgIpc) is 4.28. The van der Waals surface area contributed by atoms with Crippen LogP contribution in [0.3, 0.4) is 0 Å². The summed E-state index contributed by atoms with van der Waals surface area (Å²) >= 11 is 5.86. The third-order valence-corrected chi connectivity index (χ3v) is 16.0. The van der Waals surface area contributed by atoms with Crippen molar-refractivity contribution in [2.24, 2.45) is 14.1 Å². The van der Waals surface area contributed by atoms with Crippen LogP contribution in [0, 0.1) is 24.8 Å². The molecule has 6 aliphatic rings. The maximum Gasteiger partial charge on any atom is 0.368 e. The molecule has 8 heterocycles. The Morgan fingerprint density at radius 3 is 1.64 bits per heavy atom. The van der Waals surface area contributed by atoms with Crippen LogP contribution in [0.1, 0.15) is 128 Å². The number of nitrogens with two attached hydrogens (primary N) is 1. The molecule has 12 rings (SSSR count). The van der Waals surface area contributed by atoms with Gasteiger partial charge in [-0.3, -0.25) is 9.80 Å². The molecule has 2 aliphatic carbocycles. The predicted octanol–water partition coefficient (Wildman–Crippen LogP) is 7.95. The van der Waals surface area contributed by atoms with Gasteiger partial charge in [0.2, 0.25) is 22.6 Å². The molecule has 2 unspecified atom stereocenters. The molecule has 4 aliphatic heterocycles. The summed E-state index contributed by atoms with van der Waals surface area (Å²) in [6.45, 7) is 26.3. The van der Waals surface area contributed by atoms with Crippen LogP contribution in [0.15, 0.2) is 46.2 Å². The van der Waals surface area contributed by atoms with E-state index < -0.39 is 17.3 Å². The first-order valence-corrected chi connectivity index (χ1v) is 26.6. The van der Waals surface area contributed by atoms with Gasteiger partial charge in [-0.25, -0.2) is 48.0 Å². The summed E-state index contributed by atoms with van der Waals surface area (Å²) in [6, 6.07) is 7.48. The van der Waals surface area contributed by atoms with Crippen LogP contribution in [0.2, 0.25) is 5.28 Å². The fourth-order valence-electron chi connectivity index (χ4n) is 11.9. The van der Waals surface area contributed by atoms with Crippen molar-refractivity contribution in [1.29, 1.82) is 0 Å². The van der Waals surface area contributed by atoms with Crippen LogP contribution in [0.25, 0.3) is 21.1 Å². The van der Waals surface area contributed by atoms with Gasteiger partial charge >= 0.3 is 11.4 Å². The van der Waals surface area contributed by atoms with Gasteiger partial charge in [0.1, 0.15) is 23.3 Å². The summed E-state index contributed by atoms with van der Waals surface area (Å²) in [4.78, 5) is 53.6. The van der Waals surface area contributed by atoms with Crippen molar-refractivity contribution in [1.82, 2.24) is 69.3 Å². The highest BCUT2D eigenvalue weighted by molar-refractivity contribution is 6.28. The SMILES string of the molecule is Cn1nnn(-c2cc(N)c(F)cc2C2CC2)c1=O.[C-]#[N+]c1cnc(Cl)nc1N[C@@H]1CC2CCCN2C(C)(C)C1.[C-]#[N+]c1cnc(Nc2cc(-n3nnn(C)c3=O)c(C3CC3)cc2F)nc1N[C@@H]1CC2CCCN2C(C)(C)C1. The Morgan fingerprint density at radius 1 is 0.675 bits per heavy atom. The van der Waals surface area contributed by atoms with Gasteiger partial charge in [-0.2, -0.15) is 18.7 Å². The third-order valence-electron chi connectivity index (χ3n) is 15.8. The normalized spacial score (nSPS) is 22.3. The van der Waals surface area contributed by atoms with Crippen LogP contribution < -0.4 is 33.1 Å². The number of nitrogens with one attached hydrogen (secondary N) is 3. The number of halogens is 3. The number of aryl methyl sites for hydroxylation is 2. The van der Waals surface area contributed by atoms with Crippen molar-refractivity contribution in [2.75, 3.05) is 34.8 Å². The maximum absolute atomic E-state index is 15.2. The van der Waals surface area contributed by atoms with Gasteiger partial charge in [0.15, 0.2) is 0 Å². The van der Waals surface area contributed by atoms with E-state index in [0.29, 0.717) is 52.5 Å². The quantitative estimate of drug-likeness (QED) is 0.0579. The highest BCUT2D eigenvalue weighted by atomic mass is 35.5. The van der Waals surface area contributed by atoms with Crippen molar-refractivity contribution in [3.05, 3.63) is 109 Å². The lowest BCUT2D eigenvalue weighted by Crippen LogP contribution is -2.55. The van der Waals surface area contributed by atoms with E-state index in [1.807, 2.05) is 0 Å². The Labute approximate surface area is 449 Å². The minimum atomic E-state index is -0.477. The van der Waals surface area contributed by atoms with E-state index in [2.05, 4.69) is 104 Å². The summed E-state index contributed by atoms with van der Waals surface area (Å²) in [6.07, 6.45) is 15.8. The highest BCUT2D eigenvalue weighted by Gasteiger charge is 2.44. The summed E-state index contributed by atoms with van der Waals surface area (Å²) in [5, 5.41) is 25.3. The standard InChI is InChI=1S/C26H31FN10O.C15H20ClN5.C11H12FN5O/c1-26(2)13-16(10-17-6-5-9-36(17)26)30-23-21(28-3)14-29-24(32-23)31-20-12-22(37-25(38)35(4)33-34-37)18(11-19(20)27)15-7-8-15;1-15(2)8-10(7-11-5-4-6-21(11)15)19-13-12(17-3)9-18-14(16)20-13;1-16-11(18)17(15-14-16)10-5-9(13)8(12)4-7(10)6-2-3-6/h11-12,14-17H,5-10,13H2,1-2,4H3,(H2,29,30,31,32);9-11H,4-8H2,1-2H3,(H,18,19,20);4-6H,2-3,13H2,1H3/t16-,17?;10-,11?;/m11./s1. The van der Waals surface area contributed by atoms with Crippen LogP contribution in [0.4, 0.5) is 49.1 Å². The fraction of sp³-hybridized carbons (Fsp3) is 0.538. The van der Waals surface area contributed by atoms with E-state index in [0.717, 1.165) is 83.1 Å². The highest BCUT2D eigenvalue weighted by Crippen LogP contribution is 2.46. The molecule has 0 bridgehead atoms. The molecule has 6 fully saturated rings. The molecule has 5 N–H and O–H groups in total. The molecule has 0 spiro atoms. The lowest BCUT2D eigenvalue weighted by Gasteiger charge is -2.48. The monoisotopic (exact) mass is 1070 g/mol. The Balaban J connectivity index is 0.000000145. The van der Waals surface area contributed by atoms with Gasteiger partial charge in [-0.05, 0) is 198 Å². The first-order valence-electron chi connectivity index (χ1n) is 26.2. The van der Waals surface area contributed by atoms with E-state index in [-0.39, 0.29) is 57.3 Å². The van der Waals surface area contributed by atoms with Crippen molar-refractivity contribution < 1.29 is 8.78 Å². The number of aromatic nitrogens is 12. The van der Waals surface area contributed by atoms with Gasteiger partial charge in [-0.1, -0.05) is 0 Å². The van der Waals surface area contributed by atoms with Gasteiger partial charge in [-0.15, -0.1) is 0 Å². The molecule has 77 heavy (non-hydrogen) atoms. The van der Waals surface area contributed by atoms with Crippen LogP contribution in [-0.2, 0) is 14.1 Å². The van der Waals surface area contributed by atoms with E-state index >= 15 is 4.39 Å². The van der Waals surface area contributed by atoms with Crippen molar-refractivity contribution in [2.45, 2.75) is 152 Å². The maximum atomic E-state index is 15.2. The Kier molecular flexibility index (Phi) is 14.6. The minimum absolute atomic E-state index is 0.00644. The summed E-state index contributed by atoms with van der Waals surface area (Å²) in [5.41, 5.74) is 8.40. The Bertz CT molecular complexity index is 3400. The molecule has 2 aromatic carbocycles. The van der Waals surface area contributed by atoms with Crippen LogP contribution in [-0.4, -0.2) is 118 Å². The molecule has 2 saturated carbocycles. The van der Waals surface area contributed by atoms with Gasteiger partial charge in [0, 0.05) is 61.7 Å². The number of fused-ring (bicyclic) bond motifs is 2. The molecule has 0 amide bonds. The molecule has 4 saturated heterocycles. The minimum Gasteiger partial charge on any atom is -0.396 e. The summed E-state index contributed by atoms with van der Waals surface area (Å²) in [7, 11) is 3.03. The first kappa shape index (κ1) is 53.0. The largest absolute Gasteiger partial charge is 0.396 e. The summed E-state index contributed by atoms with van der Waals surface area (Å²) in [5.74, 6) is 0.690. The molecule has 22 nitrogen and oxygen atoms in total. The third kappa shape index (κ3) is 11.2. The second-order valence-electron chi connectivity index (χ2n) is 22.3. The van der Waals surface area contributed by atoms with Gasteiger partial charge < -0.3 is 21.7 Å². The van der Waals surface area contributed by atoms with Gasteiger partial charge in [0.25, 0.3) is 0 Å². The second-order valence-corrected chi connectivity index (χ2v) is 22.6. The van der Waals surface area contributed by atoms with E-state index in [4.69, 9.17) is 30.5 Å². The number of nitrogens with zero attached hydrogens (tertiary/aromatic N) is 16. The zero-order valence-electron chi connectivity index (χ0n) is 44.0. The lowest BCUT2D eigenvalue weighted by molar-refractivity contribution is 0.0499. The topological polar surface area (TPSA) is 234 Å². The summed E-state index contributed by atoms with van der Waals surface area (Å²) < 4.78 is 33.4. The smallest absolute Gasteiger partial charge is 0.368 e. The molecular formula is C52H63ClF2N20O2. The number of piperidine rings is 2. The molecule has 4 aromatic heterocycles. The Hall–Kier alpha value is -7.41. The predicted molar refractivity (Wildman–Crippen MR) is 287 cm³/mol. The lowest BCUT2D eigenvalue weighted by atomic mass is 9.84. The molecule has 0 radical (unpaired) electrons. The van der Waals surface area contributed by atoms with Crippen LogP contribution in [0.5, 0.6) is 0 Å². The number of nitrogen functional groups attached to an aromatic ring is 1. The number of hydrogen-bond donors (Lipinski definition) is 4. The molecule has 404 valence electrons. The number of hydrogen-bond acceptors (Lipinski definition) is 16. The fourth-order valence-corrected chi connectivity index (χ4v) is 12.1. The van der Waals surface area contributed by atoms with Crippen molar-refractivity contribution in [3.63, 3.8) is 0 Å². The van der Waals surface area contributed by atoms with Crippen molar-refractivity contribution >= 4 is 51.9 Å². The zero-order chi connectivity index (χ0) is 54.5. The molecule has 6 aromatic rings. The number of tetrazole rings is 2. The van der Waals surface area contributed by atoms with E-state index in [1.165, 1.54) is 81.6 Å². The second kappa shape index (κ2) is 21.2. The molecule has 25 heteroatoms. The van der Waals surface area contributed by atoms with Gasteiger partial charge in [0.05, 0.1) is 35.9 Å².